The van der Waals surface area contributed by atoms with Crippen molar-refractivity contribution in [3.63, 3.8) is 0 Å². The second-order valence-corrected chi connectivity index (χ2v) is 4.13. The Morgan fingerprint density at radius 2 is 2.35 bits per heavy atom. The van der Waals surface area contributed by atoms with Crippen molar-refractivity contribution in [2.45, 2.75) is 26.7 Å². The molecule has 1 unspecified atom stereocenters. The largest absolute Gasteiger partial charge is 0.478 e. The van der Waals surface area contributed by atoms with Crippen molar-refractivity contribution in [1.29, 1.82) is 0 Å². The van der Waals surface area contributed by atoms with Crippen molar-refractivity contribution >= 4 is 5.95 Å². The molecule has 0 fully saturated rings. The Hall–Kier alpha value is -1.36. The number of nitrogens with one attached hydrogen (secondary N) is 1. The third-order valence-electron chi connectivity index (χ3n) is 2.35. The molecule has 1 rings (SSSR count). The lowest BCUT2D eigenvalue weighted by atomic mass is 10.1. The van der Waals surface area contributed by atoms with Crippen LogP contribution in [0.4, 0.5) is 5.95 Å². The number of anilines is 1. The van der Waals surface area contributed by atoms with Crippen LogP contribution in [0, 0.1) is 5.92 Å². The van der Waals surface area contributed by atoms with Gasteiger partial charge in [-0.25, -0.2) is 4.98 Å². The van der Waals surface area contributed by atoms with Crippen molar-refractivity contribution in [1.82, 2.24) is 9.97 Å². The molecular formula is C12H22N4O. The summed E-state index contributed by atoms with van der Waals surface area (Å²) in [7, 11) is 0. The molecule has 0 aliphatic heterocycles. The summed E-state index contributed by atoms with van der Waals surface area (Å²) >= 11 is 0. The van der Waals surface area contributed by atoms with Gasteiger partial charge in [0.1, 0.15) is 0 Å². The smallest absolute Gasteiger partial charge is 0.225 e. The summed E-state index contributed by atoms with van der Waals surface area (Å²) in [6, 6.07) is 1.77. The summed E-state index contributed by atoms with van der Waals surface area (Å²) in [5, 5.41) is 3.19. The number of aromatic nitrogens is 2. The van der Waals surface area contributed by atoms with Crippen LogP contribution < -0.4 is 15.8 Å². The lowest BCUT2D eigenvalue weighted by Gasteiger charge is -2.11. The van der Waals surface area contributed by atoms with Crippen LogP contribution in [0.5, 0.6) is 5.88 Å². The summed E-state index contributed by atoms with van der Waals surface area (Å²) in [5.74, 6) is 1.75. The maximum atomic E-state index is 5.50. The summed E-state index contributed by atoms with van der Waals surface area (Å²) in [6.45, 7) is 6.43. The molecular weight excluding hydrogens is 216 g/mol. The Balaban J connectivity index is 2.42. The third kappa shape index (κ3) is 5.49. The number of ether oxygens (including phenoxy) is 1. The molecule has 0 aliphatic carbocycles. The van der Waals surface area contributed by atoms with Gasteiger partial charge in [-0.3, -0.25) is 0 Å². The highest BCUT2D eigenvalue weighted by Gasteiger charge is 2.03. The minimum atomic E-state index is 0.517. The van der Waals surface area contributed by atoms with E-state index in [0.717, 1.165) is 19.4 Å². The molecule has 5 nitrogen and oxygen atoms in total. The number of nitrogens with zero attached hydrogens (tertiary/aromatic N) is 2. The number of rotatable bonds is 8. The molecule has 0 spiro atoms. The van der Waals surface area contributed by atoms with E-state index in [1.54, 1.807) is 12.3 Å². The van der Waals surface area contributed by atoms with Gasteiger partial charge in [-0.1, -0.05) is 13.8 Å². The first-order valence-electron chi connectivity index (χ1n) is 6.16. The Bertz CT molecular complexity index is 319. The van der Waals surface area contributed by atoms with E-state index in [-0.39, 0.29) is 0 Å². The molecule has 0 amide bonds. The van der Waals surface area contributed by atoms with Crippen molar-refractivity contribution in [2.75, 3.05) is 25.0 Å². The Labute approximate surface area is 103 Å². The molecule has 1 aromatic heterocycles. The first-order valence-corrected chi connectivity index (χ1v) is 6.16. The van der Waals surface area contributed by atoms with Gasteiger partial charge in [0, 0.05) is 18.8 Å². The van der Waals surface area contributed by atoms with Crippen LogP contribution in [0.3, 0.4) is 0 Å². The summed E-state index contributed by atoms with van der Waals surface area (Å²) < 4.78 is 5.44. The zero-order chi connectivity index (χ0) is 12.5. The van der Waals surface area contributed by atoms with Crippen LogP contribution >= 0.6 is 0 Å². The molecule has 1 atom stereocenters. The van der Waals surface area contributed by atoms with E-state index in [9.17, 15) is 0 Å². The summed E-state index contributed by atoms with van der Waals surface area (Å²) in [4.78, 5) is 8.41. The molecule has 0 saturated heterocycles. The van der Waals surface area contributed by atoms with Crippen LogP contribution in [0.2, 0.25) is 0 Å². The monoisotopic (exact) mass is 238 g/mol. The van der Waals surface area contributed by atoms with Gasteiger partial charge in [0.2, 0.25) is 11.8 Å². The fraction of sp³-hybridized carbons (Fsp3) is 0.667. The average Bonchev–Trinajstić information content (AvgIpc) is 2.35. The standard InChI is InChI=1S/C12H22N4O/c1-3-8-17-11-5-7-14-12(16-11)15-9-10(2)4-6-13/h5,7,10H,3-4,6,8-9,13H2,1-2H3,(H,14,15,16). The molecule has 0 radical (unpaired) electrons. The van der Waals surface area contributed by atoms with Crippen LogP contribution in [0.15, 0.2) is 12.3 Å². The molecule has 0 bridgehead atoms. The Kier molecular flexibility index (Phi) is 6.32. The van der Waals surface area contributed by atoms with E-state index in [4.69, 9.17) is 10.5 Å². The summed E-state index contributed by atoms with van der Waals surface area (Å²) in [6.07, 6.45) is 3.67. The number of hydrogen-bond donors (Lipinski definition) is 2. The Morgan fingerprint density at radius 3 is 3.06 bits per heavy atom. The van der Waals surface area contributed by atoms with Crippen molar-refractivity contribution in [2.24, 2.45) is 11.7 Å². The lowest BCUT2D eigenvalue weighted by molar-refractivity contribution is 0.305. The van der Waals surface area contributed by atoms with Gasteiger partial charge in [-0.05, 0) is 25.3 Å². The zero-order valence-corrected chi connectivity index (χ0v) is 10.6. The molecule has 0 aromatic carbocycles. The van der Waals surface area contributed by atoms with Gasteiger partial charge in [0.25, 0.3) is 0 Å². The van der Waals surface area contributed by atoms with Crippen molar-refractivity contribution < 1.29 is 4.74 Å². The maximum Gasteiger partial charge on any atom is 0.225 e. The van der Waals surface area contributed by atoms with E-state index in [1.165, 1.54) is 0 Å². The third-order valence-corrected chi connectivity index (χ3v) is 2.35. The fourth-order valence-electron chi connectivity index (χ4n) is 1.37. The number of hydrogen-bond acceptors (Lipinski definition) is 5. The molecule has 1 heterocycles. The molecule has 0 aliphatic rings. The maximum absolute atomic E-state index is 5.50. The van der Waals surface area contributed by atoms with Crippen LogP contribution in [0.25, 0.3) is 0 Å². The molecule has 1 aromatic rings. The zero-order valence-electron chi connectivity index (χ0n) is 10.6. The highest BCUT2D eigenvalue weighted by molar-refractivity contribution is 5.27. The van der Waals surface area contributed by atoms with Crippen molar-refractivity contribution in [3.8, 4) is 5.88 Å². The minimum Gasteiger partial charge on any atom is -0.478 e. The SMILES string of the molecule is CCCOc1ccnc(NCC(C)CCN)n1. The van der Waals surface area contributed by atoms with E-state index in [1.807, 2.05) is 0 Å². The predicted octanol–water partition coefficient (Wildman–Crippen LogP) is 1.66. The highest BCUT2D eigenvalue weighted by Crippen LogP contribution is 2.09. The van der Waals surface area contributed by atoms with Gasteiger partial charge < -0.3 is 15.8 Å². The minimum absolute atomic E-state index is 0.517. The molecule has 96 valence electrons. The van der Waals surface area contributed by atoms with Crippen molar-refractivity contribution in [3.05, 3.63) is 12.3 Å². The fourth-order valence-corrected chi connectivity index (χ4v) is 1.37. The first-order chi connectivity index (χ1) is 8.26. The predicted molar refractivity (Wildman–Crippen MR) is 69.1 cm³/mol. The highest BCUT2D eigenvalue weighted by atomic mass is 16.5. The van der Waals surface area contributed by atoms with Crippen LogP contribution in [-0.2, 0) is 0 Å². The second kappa shape index (κ2) is 7.84. The second-order valence-electron chi connectivity index (χ2n) is 4.13. The molecule has 3 N–H and O–H groups in total. The molecule has 0 saturated carbocycles. The van der Waals surface area contributed by atoms with Crippen LogP contribution in [0.1, 0.15) is 26.7 Å². The molecule has 17 heavy (non-hydrogen) atoms. The lowest BCUT2D eigenvalue weighted by Crippen LogP contribution is -2.16. The van der Waals surface area contributed by atoms with E-state index >= 15 is 0 Å². The van der Waals surface area contributed by atoms with E-state index in [2.05, 4.69) is 29.1 Å². The van der Waals surface area contributed by atoms with Gasteiger partial charge in [-0.2, -0.15) is 4.98 Å². The topological polar surface area (TPSA) is 73.1 Å². The quantitative estimate of drug-likeness (QED) is 0.720. The van der Waals surface area contributed by atoms with Crippen LogP contribution in [-0.4, -0.2) is 29.7 Å². The normalized spacial score (nSPS) is 12.2. The van der Waals surface area contributed by atoms with Gasteiger partial charge >= 0.3 is 0 Å². The summed E-state index contributed by atoms with van der Waals surface area (Å²) in [5.41, 5.74) is 5.50. The van der Waals surface area contributed by atoms with Gasteiger partial charge in [-0.15, -0.1) is 0 Å². The number of nitrogens with two attached hydrogens (primary N) is 1. The Morgan fingerprint density at radius 1 is 1.53 bits per heavy atom. The van der Waals surface area contributed by atoms with E-state index in [0.29, 0.717) is 30.9 Å². The van der Waals surface area contributed by atoms with E-state index < -0.39 is 0 Å². The van der Waals surface area contributed by atoms with Gasteiger partial charge in [0.05, 0.1) is 6.61 Å². The average molecular weight is 238 g/mol. The molecule has 5 heteroatoms. The first kappa shape index (κ1) is 13.7. The van der Waals surface area contributed by atoms with Gasteiger partial charge in [0.15, 0.2) is 0 Å².